The molecule has 0 atom stereocenters. The number of amides is 1. The molecule has 1 N–H and O–H groups in total. The van der Waals surface area contributed by atoms with E-state index in [-0.39, 0.29) is 27.6 Å². The van der Waals surface area contributed by atoms with Gasteiger partial charge in [0.1, 0.15) is 0 Å². The van der Waals surface area contributed by atoms with Crippen LogP contribution in [0.2, 0.25) is 0 Å². The van der Waals surface area contributed by atoms with Gasteiger partial charge in [-0.15, -0.1) is 0 Å². The molecular formula is C27H33N3O6S2. The van der Waals surface area contributed by atoms with E-state index in [0.717, 1.165) is 62.5 Å². The maximum atomic E-state index is 13.8. The van der Waals surface area contributed by atoms with Crippen molar-refractivity contribution in [2.24, 2.45) is 10.8 Å². The first-order chi connectivity index (χ1) is 17.9. The standard InChI is InChI=1S/C27H33N3O6S2/c1-37(32,33)28-19-3-4-21-20(15-19)27(13-11-25(9-10-25)12-14-27)18-30(21)24(31)22-5-6-23(36-22)38(34,35)29-16-26(17-29)7-2-8-26/h3-6,15,28H,2,7-14,16-18H2,1H3. The molecule has 3 saturated carbocycles. The van der Waals surface area contributed by atoms with E-state index >= 15 is 0 Å². The van der Waals surface area contributed by atoms with Crippen molar-refractivity contribution < 1.29 is 26.0 Å². The lowest BCUT2D eigenvalue weighted by Crippen LogP contribution is -2.61. The van der Waals surface area contributed by atoms with Gasteiger partial charge in [-0.3, -0.25) is 9.52 Å². The van der Waals surface area contributed by atoms with Crippen molar-refractivity contribution in [3.05, 3.63) is 41.7 Å². The number of furan rings is 1. The molecule has 1 aromatic heterocycles. The minimum absolute atomic E-state index is 0.00161. The molecule has 3 spiro atoms. The van der Waals surface area contributed by atoms with E-state index in [1.165, 1.54) is 29.3 Å². The van der Waals surface area contributed by atoms with E-state index < -0.39 is 20.0 Å². The number of benzene rings is 1. The van der Waals surface area contributed by atoms with Crippen LogP contribution in [0.15, 0.2) is 39.8 Å². The average Bonchev–Trinajstić information content (AvgIpc) is 3.23. The number of anilines is 2. The van der Waals surface area contributed by atoms with Gasteiger partial charge < -0.3 is 9.32 Å². The predicted molar refractivity (Wildman–Crippen MR) is 142 cm³/mol. The molecule has 0 bridgehead atoms. The van der Waals surface area contributed by atoms with Crippen LogP contribution in [0.3, 0.4) is 0 Å². The fourth-order valence-electron chi connectivity index (χ4n) is 7.19. The molecule has 2 aliphatic heterocycles. The summed E-state index contributed by atoms with van der Waals surface area (Å²) in [6.07, 6.45) is 11.0. The summed E-state index contributed by atoms with van der Waals surface area (Å²) in [6.45, 7) is 1.51. The quantitative estimate of drug-likeness (QED) is 0.590. The topological polar surface area (TPSA) is 117 Å². The van der Waals surface area contributed by atoms with Crippen molar-refractivity contribution in [1.82, 2.24) is 4.31 Å². The molecular weight excluding hydrogens is 526 g/mol. The normalized spacial score (nSPS) is 24.7. The Kier molecular flexibility index (Phi) is 5.09. The molecule has 204 valence electrons. The van der Waals surface area contributed by atoms with Gasteiger partial charge in [-0.05, 0) is 98.1 Å². The Balaban J connectivity index is 1.17. The fourth-order valence-corrected chi connectivity index (χ4v) is 9.32. The van der Waals surface area contributed by atoms with Gasteiger partial charge in [-0.1, -0.05) is 6.42 Å². The first-order valence-corrected chi connectivity index (χ1v) is 16.8. The summed E-state index contributed by atoms with van der Waals surface area (Å²) < 4.78 is 59.7. The third-order valence-electron chi connectivity index (χ3n) is 9.92. The van der Waals surface area contributed by atoms with Crippen molar-refractivity contribution in [3.8, 4) is 0 Å². The summed E-state index contributed by atoms with van der Waals surface area (Å²) in [4.78, 5) is 15.4. The van der Waals surface area contributed by atoms with E-state index in [2.05, 4.69) is 4.72 Å². The molecule has 1 aromatic carbocycles. The summed E-state index contributed by atoms with van der Waals surface area (Å²) >= 11 is 0. The fraction of sp³-hybridized carbons (Fsp3) is 0.593. The number of hydrogen-bond acceptors (Lipinski definition) is 6. The lowest BCUT2D eigenvalue weighted by Gasteiger charge is -2.54. The zero-order chi connectivity index (χ0) is 26.6. The number of sulfonamides is 2. The zero-order valence-electron chi connectivity index (χ0n) is 21.5. The smallest absolute Gasteiger partial charge is 0.294 e. The maximum absolute atomic E-state index is 13.8. The lowest BCUT2D eigenvalue weighted by molar-refractivity contribution is -0.00871. The number of nitrogens with one attached hydrogen (secondary N) is 1. The Labute approximate surface area is 223 Å². The minimum Gasteiger partial charge on any atom is -0.438 e. The Morgan fingerprint density at radius 2 is 1.55 bits per heavy atom. The molecule has 1 amide bonds. The molecule has 7 rings (SSSR count). The van der Waals surface area contributed by atoms with Crippen molar-refractivity contribution in [3.63, 3.8) is 0 Å². The van der Waals surface area contributed by atoms with Crippen molar-refractivity contribution >= 4 is 37.3 Å². The molecule has 1 saturated heterocycles. The molecule has 3 heterocycles. The number of hydrogen-bond donors (Lipinski definition) is 1. The Bertz CT molecular complexity index is 1530. The Hall–Kier alpha value is -2.37. The molecule has 5 aliphatic rings. The monoisotopic (exact) mass is 559 g/mol. The molecule has 2 aromatic rings. The highest BCUT2D eigenvalue weighted by atomic mass is 32.2. The number of fused-ring (bicyclic) bond motifs is 2. The predicted octanol–water partition coefficient (Wildman–Crippen LogP) is 4.08. The Morgan fingerprint density at radius 3 is 2.16 bits per heavy atom. The summed E-state index contributed by atoms with van der Waals surface area (Å²) in [7, 11) is -7.22. The second kappa shape index (κ2) is 7.85. The third-order valence-corrected chi connectivity index (χ3v) is 12.2. The van der Waals surface area contributed by atoms with Gasteiger partial charge >= 0.3 is 0 Å². The van der Waals surface area contributed by atoms with Gasteiger partial charge in [0.15, 0.2) is 5.76 Å². The van der Waals surface area contributed by atoms with Crippen LogP contribution in [0.4, 0.5) is 11.4 Å². The van der Waals surface area contributed by atoms with E-state index in [4.69, 9.17) is 4.42 Å². The number of carbonyl (C=O) groups is 1. The van der Waals surface area contributed by atoms with Crippen LogP contribution < -0.4 is 9.62 Å². The first kappa shape index (κ1) is 24.7. The molecule has 4 fully saturated rings. The van der Waals surface area contributed by atoms with Crippen LogP contribution in [-0.2, 0) is 25.5 Å². The summed E-state index contributed by atoms with van der Waals surface area (Å²) in [5.74, 6) is -0.377. The second-order valence-electron chi connectivity index (χ2n) is 12.5. The van der Waals surface area contributed by atoms with Gasteiger partial charge in [0, 0.05) is 36.4 Å². The lowest BCUT2D eigenvalue weighted by atomic mass is 9.65. The van der Waals surface area contributed by atoms with E-state index in [1.807, 2.05) is 6.07 Å². The minimum atomic E-state index is -3.77. The molecule has 3 aliphatic carbocycles. The first-order valence-electron chi connectivity index (χ1n) is 13.5. The molecule has 9 nitrogen and oxygen atoms in total. The number of rotatable bonds is 5. The average molecular weight is 560 g/mol. The Morgan fingerprint density at radius 1 is 0.868 bits per heavy atom. The molecule has 0 unspecified atom stereocenters. The summed E-state index contributed by atoms with van der Waals surface area (Å²) in [5.41, 5.74) is 2.53. The van der Waals surface area contributed by atoms with Crippen LogP contribution in [0.25, 0.3) is 0 Å². The highest BCUT2D eigenvalue weighted by Crippen LogP contribution is 2.62. The van der Waals surface area contributed by atoms with Crippen molar-refractivity contribution in [1.29, 1.82) is 0 Å². The zero-order valence-corrected chi connectivity index (χ0v) is 23.2. The number of carbonyl (C=O) groups excluding carboxylic acids is 1. The van der Waals surface area contributed by atoms with Gasteiger partial charge in [0.2, 0.25) is 15.1 Å². The van der Waals surface area contributed by atoms with Crippen LogP contribution in [0.5, 0.6) is 0 Å². The third kappa shape index (κ3) is 3.83. The molecule has 11 heteroatoms. The van der Waals surface area contributed by atoms with E-state index in [9.17, 15) is 21.6 Å². The highest BCUT2D eigenvalue weighted by molar-refractivity contribution is 7.92. The highest BCUT2D eigenvalue weighted by Gasteiger charge is 2.54. The van der Waals surface area contributed by atoms with Gasteiger partial charge in [-0.2, -0.15) is 4.31 Å². The van der Waals surface area contributed by atoms with E-state index in [0.29, 0.717) is 30.7 Å². The molecule has 38 heavy (non-hydrogen) atoms. The SMILES string of the molecule is CS(=O)(=O)Nc1ccc2c(c1)C1(CCC3(CC3)CC1)CN2C(=O)c1ccc(S(=O)(=O)N2CC3(CCC3)C2)o1. The number of nitrogens with zero attached hydrogens (tertiary/aromatic N) is 2. The second-order valence-corrected chi connectivity index (χ2v) is 16.1. The van der Waals surface area contributed by atoms with Crippen LogP contribution in [-0.4, -0.2) is 52.9 Å². The van der Waals surface area contributed by atoms with Crippen LogP contribution in [0.1, 0.15) is 73.9 Å². The maximum Gasteiger partial charge on any atom is 0.294 e. The van der Waals surface area contributed by atoms with E-state index in [1.54, 1.807) is 17.0 Å². The van der Waals surface area contributed by atoms with Crippen molar-refractivity contribution in [2.45, 2.75) is 68.3 Å². The van der Waals surface area contributed by atoms with Crippen molar-refractivity contribution in [2.75, 3.05) is 35.5 Å². The van der Waals surface area contributed by atoms with Gasteiger partial charge in [0.25, 0.3) is 15.9 Å². The van der Waals surface area contributed by atoms with Gasteiger partial charge in [-0.25, -0.2) is 16.8 Å². The summed E-state index contributed by atoms with van der Waals surface area (Å²) in [6, 6.07) is 8.17. The largest absolute Gasteiger partial charge is 0.438 e. The van der Waals surface area contributed by atoms with Crippen LogP contribution in [0, 0.1) is 10.8 Å². The van der Waals surface area contributed by atoms with Gasteiger partial charge in [0.05, 0.1) is 6.26 Å². The summed E-state index contributed by atoms with van der Waals surface area (Å²) in [5, 5.41) is -0.190. The molecule has 0 radical (unpaired) electrons. The van der Waals surface area contributed by atoms with Crippen LogP contribution >= 0.6 is 0 Å².